The summed E-state index contributed by atoms with van der Waals surface area (Å²) >= 11 is 0. The van der Waals surface area contributed by atoms with E-state index in [0.29, 0.717) is 6.04 Å². The minimum atomic E-state index is 0. The lowest BCUT2D eigenvalue weighted by Crippen LogP contribution is -2.42. The second-order valence-corrected chi connectivity index (χ2v) is 5.92. The second-order valence-electron chi connectivity index (χ2n) is 5.92. The van der Waals surface area contributed by atoms with Crippen molar-refractivity contribution in [3.8, 4) is 0 Å². The average Bonchev–Trinajstić information content (AvgIpc) is 2.42. The molecule has 1 fully saturated rings. The van der Waals surface area contributed by atoms with Gasteiger partial charge in [0.25, 0.3) is 0 Å². The minimum absolute atomic E-state index is 0. The van der Waals surface area contributed by atoms with Gasteiger partial charge >= 0.3 is 0 Å². The van der Waals surface area contributed by atoms with Gasteiger partial charge in [0.1, 0.15) is 0 Å². The molecule has 20 heavy (non-hydrogen) atoms. The fourth-order valence-electron chi connectivity index (χ4n) is 2.71. The van der Waals surface area contributed by atoms with Gasteiger partial charge in [-0.1, -0.05) is 19.3 Å². The third-order valence-corrected chi connectivity index (χ3v) is 3.83. The van der Waals surface area contributed by atoms with Crippen LogP contribution < -0.4 is 10.6 Å². The van der Waals surface area contributed by atoms with Crippen LogP contribution in [0.5, 0.6) is 0 Å². The zero-order valence-electron chi connectivity index (χ0n) is 13.6. The summed E-state index contributed by atoms with van der Waals surface area (Å²) < 4.78 is 0. The third kappa shape index (κ3) is 8.29. The summed E-state index contributed by atoms with van der Waals surface area (Å²) in [5, 5.41) is 6.68. The van der Waals surface area contributed by atoms with E-state index in [2.05, 4.69) is 41.4 Å². The average molecular weight is 396 g/mol. The van der Waals surface area contributed by atoms with E-state index in [9.17, 15) is 0 Å². The Bertz CT molecular complexity index is 263. The molecule has 0 spiro atoms. The number of halogens is 1. The molecule has 5 heteroatoms. The van der Waals surface area contributed by atoms with Crippen molar-refractivity contribution < 1.29 is 0 Å². The highest BCUT2D eigenvalue weighted by atomic mass is 127. The molecule has 0 amide bonds. The zero-order chi connectivity index (χ0) is 14.1. The fourth-order valence-corrected chi connectivity index (χ4v) is 2.71. The Labute approximate surface area is 142 Å². The van der Waals surface area contributed by atoms with Crippen LogP contribution >= 0.6 is 24.0 Å². The molecule has 0 aromatic rings. The molecule has 4 nitrogen and oxygen atoms in total. The lowest BCUT2D eigenvalue weighted by Gasteiger charge is -2.31. The fraction of sp³-hybridized carbons (Fsp3) is 0.933. The van der Waals surface area contributed by atoms with E-state index in [1.807, 2.05) is 7.05 Å². The molecule has 1 saturated carbocycles. The summed E-state index contributed by atoms with van der Waals surface area (Å²) in [4.78, 5) is 6.76. The van der Waals surface area contributed by atoms with Crippen LogP contribution in [0.2, 0.25) is 0 Å². The summed E-state index contributed by atoms with van der Waals surface area (Å²) in [6.45, 7) is 6.42. The van der Waals surface area contributed by atoms with Crippen molar-refractivity contribution in [3.63, 3.8) is 0 Å². The topological polar surface area (TPSA) is 39.7 Å². The van der Waals surface area contributed by atoms with Gasteiger partial charge in [0.05, 0.1) is 0 Å². The van der Waals surface area contributed by atoms with Crippen LogP contribution in [0.4, 0.5) is 0 Å². The molecule has 0 saturated heterocycles. The van der Waals surface area contributed by atoms with Crippen LogP contribution in [0.25, 0.3) is 0 Å². The summed E-state index contributed by atoms with van der Waals surface area (Å²) in [7, 11) is 4.10. The highest BCUT2D eigenvalue weighted by Gasteiger charge is 2.17. The number of aliphatic imine (C=N–C) groups is 1. The van der Waals surface area contributed by atoms with Gasteiger partial charge in [0.15, 0.2) is 5.96 Å². The van der Waals surface area contributed by atoms with Gasteiger partial charge in [0, 0.05) is 25.7 Å². The van der Waals surface area contributed by atoms with Crippen molar-refractivity contribution in [1.82, 2.24) is 15.5 Å². The molecule has 0 aromatic heterocycles. The van der Waals surface area contributed by atoms with Crippen LogP contribution in [0.1, 0.15) is 52.4 Å². The molecule has 1 aliphatic rings. The molecule has 0 heterocycles. The second kappa shape index (κ2) is 11.6. The Hall–Kier alpha value is -0.0400. The van der Waals surface area contributed by atoms with Gasteiger partial charge in [-0.05, 0) is 46.7 Å². The van der Waals surface area contributed by atoms with Gasteiger partial charge in [-0.15, -0.1) is 24.0 Å². The molecular weight excluding hydrogens is 363 g/mol. The van der Waals surface area contributed by atoms with E-state index in [1.54, 1.807) is 0 Å². The van der Waals surface area contributed by atoms with Crippen LogP contribution in [0.3, 0.4) is 0 Å². The van der Waals surface area contributed by atoms with Gasteiger partial charge in [-0.25, -0.2) is 0 Å². The van der Waals surface area contributed by atoms with E-state index < -0.39 is 0 Å². The van der Waals surface area contributed by atoms with Crippen molar-refractivity contribution in [1.29, 1.82) is 0 Å². The van der Waals surface area contributed by atoms with E-state index in [4.69, 9.17) is 0 Å². The standard InChI is InChI=1S/C15H32N4.HI/c1-13(2)18-15(16-3)17-11-8-12-19(4)14-9-6-5-7-10-14;/h13-14H,5-12H2,1-4H3,(H2,16,17,18);1H. The number of rotatable bonds is 6. The molecule has 1 rings (SSSR count). The van der Waals surface area contributed by atoms with E-state index in [0.717, 1.165) is 18.5 Å². The number of hydrogen-bond donors (Lipinski definition) is 2. The smallest absolute Gasteiger partial charge is 0.191 e. The molecule has 1 aliphatic carbocycles. The van der Waals surface area contributed by atoms with Crippen LogP contribution in [0, 0.1) is 0 Å². The molecule has 0 aliphatic heterocycles. The highest BCUT2D eigenvalue weighted by Crippen LogP contribution is 2.21. The van der Waals surface area contributed by atoms with Crippen molar-refractivity contribution in [2.24, 2.45) is 4.99 Å². The Morgan fingerprint density at radius 2 is 1.90 bits per heavy atom. The number of nitrogens with zero attached hydrogens (tertiary/aromatic N) is 2. The highest BCUT2D eigenvalue weighted by molar-refractivity contribution is 14.0. The van der Waals surface area contributed by atoms with E-state index in [1.165, 1.54) is 45.1 Å². The summed E-state index contributed by atoms with van der Waals surface area (Å²) in [6.07, 6.45) is 8.21. The lowest BCUT2D eigenvalue weighted by atomic mass is 9.94. The molecule has 0 atom stereocenters. The number of guanidine groups is 1. The first-order valence-corrected chi connectivity index (χ1v) is 7.81. The summed E-state index contributed by atoms with van der Waals surface area (Å²) in [6, 6.07) is 1.25. The van der Waals surface area contributed by atoms with E-state index in [-0.39, 0.29) is 24.0 Å². The van der Waals surface area contributed by atoms with Crippen molar-refractivity contribution >= 4 is 29.9 Å². The molecule has 0 bridgehead atoms. The zero-order valence-corrected chi connectivity index (χ0v) is 15.9. The maximum Gasteiger partial charge on any atom is 0.191 e. The number of hydrogen-bond acceptors (Lipinski definition) is 2. The largest absolute Gasteiger partial charge is 0.356 e. The first-order chi connectivity index (χ1) is 9.13. The molecule has 120 valence electrons. The quantitative estimate of drug-likeness (QED) is 0.314. The first-order valence-electron chi connectivity index (χ1n) is 7.81. The van der Waals surface area contributed by atoms with Crippen molar-refractivity contribution in [3.05, 3.63) is 0 Å². The van der Waals surface area contributed by atoms with Crippen LogP contribution in [0.15, 0.2) is 4.99 Å². The van der Waals surface area contributed by atoms with Gasteiger partial charge in [-0.2, -0.15) is 0 Å². The Balaban J connectivity index is 0.00000361. The maximum atomic E-state index is 4.22. The lowest BCUT2D eigenvalue weighted by molar-refractivity contribution is 0.190. The minimum Gasteiger partial charge on any atom is -0.356 e. The van der Waals surface area contributed by atoms with Crippen molar-refractivity contribution in [2.45, 2.75) is 64.5 Å². The molecule has 2 N–H and O–H groups in total. The SMILES string of the molecule is CN=C(NCCCN(C)C1CCCCC1)NC(C)C.I. The summed E-state index contributed by atoms with van der Waals surface area (Å²) in [5.74, 6) is 0.912. The Morgan fingerprint density at radius 3 is 2.45 bits per heavy atom. The maximum absolute atomic E-state index is 4.22. The first kappa shape index (κ1) is 20.0. The molecule has 0 aromatic carbocycles. The van der Waals surface area contributed by atoms with Crippen LogP contribution in [-0.4, -0.2) is 50.1 Å². The predicted octanol–water partition coefficient (Wildman–Crippen LogP) is 2.83. The Kier molecular flexibility index (Phi) is 11.6. The normalized spacial score (nSPS) is 17.2. The third-order valence-electron chi connectivity index (χ3n) is 3.83. The van der Waals surface area contributed by atoms with E-state index >= 15 is 0 Å². The van der Waals surface area contributed by atoms with Gasteiger partial charge < -0.3 is 15.5 Å². The summed E-state index contributed by atoms with van der Waals surface area (Å²) in [5.41, 5.74) is 0. The van der Waals surface area contributed by atoms with Crippen LogP contribution in [-0.2, 0) is 0 Å². The van der Waals surface area contributed by atoms with Crippen molar-refractivity contribution in [2.75, 3.05) is 27.2 Å². The monoisotopic (exact) mass is 396 g/mol. The van der Waals surface area contributed by atoms with Gasteiger partial charge in [0.2, 0.25) is 0 Å². The van der Waals surface area contributed by atoms with Gasteiger partial charge in [-0.3, -0.25) is 4.99 Å². The Morgan fingerprint density at radius 1 is 1.25 bits per heavy atom. The molecular formula is C15H33IN4. The predicted molar refractivity (Wildman–Crippen MR) is 99.2 cm³/mol. The molecule has 0 radical (unpaired) electrons. The molecule has 0 unspecified atom stereocenters. The number of nitrogens with one attached hydrogen (secondary N) is 2.